The van der Waals surface area contributed by atoms with Crippen LogP contribution < -0.4 is 0 Å². The summed E-state index contributed by atoms with van der Waals surface area (Å²) in [5, 5.41) is 5.12. The lowest BCUT2D eigenvalue weighted by Crippen LogP contribution is -2.50. The molecule has 0 N–H and O–H groups in total. The number of hydrogen-bond acceptors (Lipinski definition) is 5. The molecular weight excluding hydrogens is 334 g/mol. The second-order valence-corrected chi connectivity index (χ2v) is 8.22. The maximum absolute atomic E-state index is 12.8. The molecule has 2 aromatic rings. The minimum atomic E-state index is 0.237. The Bertz CT molecular complexity index is 787. The molecule has 4 rings (SSSR count). The molecule has 0 bridgehead atoms. The van der Waals surface area contributed by atoms with Crippen molar-refractivity contribution in [1.82, 2.24) is 24.5 Å². The normalized spacial score (nSPS) is 23.7. The van der Waals surface area contributed by atoms with E-state index in [0.717, 1.165) is 30.3 Å². The molecule has 3 heterocycles. The van der Waals surface area contributed by atoms with Crippen LogP contribution in [0.4, 0.5) is 0 Å². The molecule has 1 amide bonds. The Balaban J connectivity index is 1.44. The lowest BCUT2D eigenvalue weighted by atomic mass is 9.78. The van der Waals surface area contributed by atoms with Gasteiger partial charge < -0.3 is 4.90 Å². The summed E-state index contributed by atoms with van der Waals surface area (Å²) in [6.07, 6.45) is 7.49. The Hall–Kier alpha value is -1.63. The van der Waals surface area contributed by atoms with Gasteiger partial charge in [-0.15, -0.1) is 5.10 Å². The number of piperidine rings is 1. The molecule has 0 unspecified atom stereocenters. The number of amides is 1. The molecule has 134 valence electrons. The Morgan fingerprint density at radius 3 is 2.88 bits per heavy atom. The minimum absolute atomic E-state index is 0.237. The van der Waals surface area contributed by atoms with Gasteiger partial charge >= 0.3 is 0 Å². The SMILES string of the molecule is Cc1cc(C)n2nc(SCC(=O)N3CCC[C@H]4CCCC[C@H]43)nc2n1. The van der Waals surface area contributed by atoms with Gasteiger partial charge in [0.15, 0.2) is 0 Å². The molecule has 2 aliphatic rings. The first kappa shape index (κ1) is 16.8. The molecule has 2 aromatic heterocycles. The average molecular weight is 359 g/mol. The third-order valence-corrected chi connectivity index (χ3v) is 6.31. The number of likely N-dealkylation sites (tertiary alicyclic amines) is 1. The van der Waals surface area contributed by atoms with Crippen molar-refractivity contribution in [1.29, 1.82) is 0 Å². The van der Waals surface area contributed by atoms with Gasteiger partial charge in [0.25, 0.3) is 5.78 Å². The summed E-state index contributed by atoms with van der Waals surface area (Å²) in [4.78, 5) is 23.8. The van der Waals surface area contributed by atoms with Crippen LogP contribution in [0.25, 0.3) is 5.78 Å². The first-order valence-corrected chi connectivity index (χ1v) is 10.2. The largest absolute Gasteiger partial charge is 0.339 e. The molecule has 1 saturated heterocycles. The molecule has 7 heteroatoms. The third-order valence-electron chi connectivity index (χ3n) is 5.49. The van der Waals surface area contributed by atoms with Crippen molar-refractivity contribution in [2.45, 2.75) is 63.6 Å². The Kier molecular flexibility index (Phi) is 4.67. The van der Waals surface area contributed by atoms with Gasteiger partial charge in [0.05, 0.1) is 5.75 Å². The van der Waals surface area contributed by atoms with E-state index in [-0.39, 0.29) is 5.91 Å². The molecule has 6 nitrogen and oxygen atoms in total. The van der Waals surface area contributed by atoms with Crippen LogP contribution in [-0.4, -0.2) is 48.7 Å². The average Bonchev–Trinajstić information content (AvgIpc) is 3.02. The number of carbonyl (C=O) groups excluding carboxylic acids is 1. The van der Waals surface area contributed by atoms with Crippen molar-refractivity contribution in [3.05, 3.63) is 17.5 Å². The summed E-state index contributed by atoms with van der Waals surface area (Å²) in [6, 6.07) is 2.45. The second kappa shape index (κ2) is 6.94. The van der Waals surface area contributed by atoms with Crippen molar-refractivity contribution in [2.75, 3.05) is 12.3 Å². The number of nitrogens with zero attached hydrogens (tertiary/aromatic N) is 5. The maximum atomic E-state index is 12.8. The van der Waals surface area contributed by atoms with Crippen molar-refractivity contribution >= 4 is 23.4 Å². The van der Waals surface area contributed by atoms with Crippen LogP contribution in [0.5, 0.6) is 0 Å². The lowest BCUT2D eigenvalue weighted by molar-refractivity contribution is -0.134. The Labute approximate surface area is 152 Å². The molecule has 0 aromatic carbocycles. The van der Waals surface area contributed by atoms with Crippen LogP contribution in [0.1, 0.15) is 49.9 Å². The van der Waals surface area contributed by atoms with E-state index in [1.807, 2.05) is 19.9 Å². The van der Waals surface area contributed by atoms with E-state index >= 15 is 0 Å². The number of hydrogen-bond donors (Lipinski definition) is 0. The monoisotopic (exact) mass is 359 g/mol. The van der Waals surface area contributed by atoms with E-state index in [9.17, 15) is 4.79 Å². The highest BCUT2D eigenvalue weighted by atomic mass is 32.2. The Morgan fingerprint density at radius 1 is 1.20 bits per heavy atom. The highest BCUT2D eigenvalue weighted by Crippen LogP contribution is 2.35. The smallest absolute Gasteiger partial charge is 0.253 e. The van der Waals surface area contributed by atoms with E-state index in [4.69, 9.17) is 0 Å². The minimum Gasteiger partial charge on any atom is -0.339 e. The summed E-state index contributed by atoms with van der Waals surface area (Å²) in [5.41, 5.74) is 1.94. The quantitative estimate of drug-likeness (QED) is 0.788. The zero-order chi connectivity index (χ0) is 17.4. The Morgan fingerprint density at radius 2 is 2.00 bits per heavy atom. The summed E-state index contributed by atoms with van der Waals surface area (Å²) in [5.74, 6) is 1.98. The first-order valence-electron chi connectivity index (χ1n) is 9.25. The molecule has 2 fully saturated rings. The van der Waals surface area contributed by atoms with Crippen LogP contribution in [0.15, 0.2) is 11.2 Å². The maximum Gasteiger partial charge on any atom is 0.253 e. The van der Waals surface area contributed by atoms with Crippen LogP contribution in [-0.2, 0) is 4.79 Å². The highest BCUT2D eigenvalue weighted by molar-refractivity contribution is 7.99. The summed E-state index contributed by atoms with van der Waals surface area (Å²) >= 11 is 1.43. The molecule has 1 saturated carbocycles. The zero-order valence-corrected chi connectivity index (χ0v) is 15.8. The standard InChI is InChI=1S/C18H25N5OS/c1-12-10-13(2)23-17(19-12)20-18(21-23)25-11-16(24)22-9-5-7-14-6-3-4-8-15(14)22/h10,14-15H,3-9,11H2,1-2H3/t14-,15-/m1/s1. The van der Waals surface area contributed by atoms with Gasteiger partial charge in [-0.05, 0) is 51.5 Å². The van der Waals surface area contributed by atoms with E-state index in [1.165, 1.54) is 43.9 Å². The fourth-order valence-electron chi connectivity index (χ4n) is 4.35. The van der Waals surface area contributed by atoms with Gasteiger partial charge in [0, 0.05) is 24.0 Å². The van der Waals surface area contributed by atoms with Gasteiger partial charge in [-0.2, -0.15) is 4.98 Å². The first-order chi connectivity index (χ1) is 12.1. The summed E-state index contributed by atoms with van der Waals surface area (Å²) in [6.45, 7) is 4.86. The fraction of sp³-hybridized carbons (Fsp3) is 0.667. The molecule has 1 aliphatic carbocycles. The second-order valence-electron chi connectivity index (χ2n) is 7.28. The van der Waals surface area contributed by atoms with E-state index in [1.54, 1.807) is 4.52 Å². The van der Waals surface area contributed by atoms with E-state index in [0.29, 0.717) is 22.7 Å². The van der Waals surface area contributed by atoms with Crippen LogP contribution in [0.2, 0.25) is 0 Å². The fourth-order valence-corrected chi connectivity index (χ4v) is 5.06. The van der Waals surface area contributed by atoms with E-state index in [2.05, 4.69) is 20.0 Å². The topological polar surface area (TPSA) is 63.4 Å². The molecule has 1 aliphatic heterocycles. The predicted octanol–water partition coefficient (Wildman–Crippen LogP) is 3.01. The number of fused-ring (bicyclic) bond motifs is 2. The van der Waals surface area contributed by atoms with Gasteiger partial charge in [0.2, 0.25) is 11.1 Å². The molecule has 2 atom stereocenters. The number of carbonyl (C=O) groups is 1. The number of rotatable bonds is 3. The zero-order valence-electron chi connectivity index (χ0n) is 14.9. The molecule has 0 spiro atoms. The lowest BCUT2D eigenvalue weighted by Gasteiger charge is -2.44. The van der Waals surface area contributed by atoms with E-state index < -0.39 is 0 Å². The van der Waals surface area contributed by atoms with Crippen molar-refractivity contribution in [2.24, 2.45) is 5.92 Å². The summed E-state index contributed by atoms with van der Waals surface area (Å²) in [7, 11) is 0. The summed E-state index contributed by atoms with van der Waals surface area (Å²) < 4.78 is 1.75. The van der Waals surface area contributed by atoms with Crippen molar-refractivity contribution in [3.8, 4) is 0 Å². The third kappa shape index (κ3) is 3.38. The van der Waals surface area contributed by atoms with Gasteiger partial charge in [-0.1, -0.05) is 24.6 Å². The molecule has 25 heavy (non-hydrogen) atoms. The van der Waals surface area contributed by atoms with Gasteiger partial charge in [-0.25, -0.2) is 9.50 Å². The van der Waals surface area contributed by atoms with Gasteiger partial charge in [-0.3, -0.25) is 4.79 Å². The highest BCUT2D eigenvalue weighted by Gasteiger charge is 2.35. The van der Waals surface area contributed by atoms with Crippen molar-refractivity contribution in [3.63, 3.8) is 0 Å². The predicted molar refractivity (Wildman–Crippen MR) is 97.7 cm³/mol. The molecular formula is C18H25N5OS. The van der Waals surface area contributed by atoms with Crippen molar-refractivity contribution < 1.29 is 4.79 Å². The van der Waals surface area contributed by atoms with Crippen LogP contribution in [0, 0.1) is 19.8 Å². The number of thioether (sulfide) groups is 1. The van der Waals surface area contributed by atoms with Crippen LogP contribution in [0.3, 0.4) is 0 Å². The van der Waals surface area contributed by atoms with Crippen LogP contribution >= 0.6 is 11.8 Å². The molecule has 0 radical (unpaired) electrons. The number of aromatic nitrogens is 4. The number of aryl methyl sites for hydroxylation is 2. The van der Waals surface area contributed by atoms with Gasteiger partial charge in [0.1, 0.15) is 0 Å².